The highest BCUT2D eigenvalue weighted by Crippen LogP contribution is 2.41. The molecule has 4 aliphatic heterocycles. The maximum Gasteiger partial charge on any atom is 0.323 e. The van der Waals surface area contributed by atoms with Crippen LogP contribution in [0.3, 0.4) is 0 Å². The average Bonchev–Trinajstić information content (AvgIpc) is 3.90. The minimum atomic E-state index is -0.507. The molecule has 2 unspecified atom stereocenters. The van der Waals surface area contributed by atoms with E-state index in [9.17, 15) is 19.2 Å². The lowest BCUT2D eigenvalue weighted by molar-refractivity contribution is 0.101. The van der Waals surface area contributed by atoms with Crippen LogP contribution in [0.15, 0.2) is 143 Å². The van der Waals surface area contributed by atoms with Crippen LogP contribution in [-0.2, 0) is 0 Å². The van der Waals surface area contributed by atoms with E-state index in [0.717, 1.165) is 33.6 Å². The Kier molecular flexibility index (Phi) is 14.5. The van der Waals surface area contributed by atoms with Crippen molar-refractivity contribution in [3.05, 3.63) is 207 Å². The molecule has 5 N–H and O–H groups in total. The van der Waals surface area contributed by atoms with E-state index in [-0.39, 0.29) is 29.8 Å². The summed E-state index contributed by atoms with van der Waals surface area (Å²) in [5.41, 5.74) is 10.6. The first-order chi connectivity index (χ1) is 38.3. The van der Waals surface area contributed by atoms with Crippen LogP contribution in [0.1, 0.15) is 88.3 Å². The van der Waals surface area contributed by atoms with Crippen molar-refractivity contribution in [2.24, 2.45) is 0 Å². The second kappa shape index (κ2) is 22.0. The first kappa shape index (κ1) is 51.9. The predicted molar refractivity (Wildman–Crippen MR) is 298 cm³/mol. The first-order valence-corrected chi connectivity index (χ1v) is 26.1. The number of para-hydroxylation sites is 2. The third-order valence-electron chi connectivity index (χ3n) is 15.0. The Hall–Kier alpha value is -9.20. The van der Waals surface area contributed by atoms with E-state index in [1.54, 1.807) is 52.0 Å². The van der Waals surface area contributed by atoms with Crippen LogP contribution < -0.4 is 36.4 Å². The van der Waals surface area contributed by atoms with E-state index in [4.69, 9.17) is 9.05 Å². The summed E-state index contributed by atoms with van der Waals surface area (Å²) in [6.07, 6.45) is 0. The summed E-state index contributed by atoms with van der Waals surface area (Å²) >= 11 is 0. The number of urea groups is 1. The zero-order valence-corrected chi connectivity index (χ0v) is 43.9. The van der Waals surface area contributed by atoms with Gasteiger partial charge in [-0.15, -0.1) is 0 Å². The summed E-state index contributed by atoms with van der Waals surface area (Å²) < 4.78 is 40.6. The molecular formula is C60H57F2N11O6. The fourth-order valence-electron chi connectivity index (χ4n) is 11.1. The number of carbonyl (C=O) groups is 4. The van der Waals surface area contributed by atoms with Gasteiger partial charge in [0.2, 0.25) is 0 Å². The molecule has 4 aliphatic rings. The molecule has 0 bridgehead atoms. The van der Waals surface area contributed by atoms with Crippen LogP contribution in [0.4, 0.5) is 53.4 Å². The molecular weight excluding hydrogens is 1010 g/mol. The molecule has 2 fully saturated rings. The molecule has 2 aromatic heterocycles. The van der Waals surface area contributed by atoms with E-state index >= 15 is 8.78 Å². The molecule has 0 aliphatic carbocycles. The Morgan fingerprint density at radius 1 is 0.519 bits per heavy atom. The van der Waals surface area contributed by atoms with Gasteiger partial charge >= 0.3 is 6.03 Å². The lowest BCUT2D eigenvalue weighted by Crippen LogP contribution is -2.48. The number of nitrogens with zero attached hydrogens (tertiary/aromatic N) is 6. The number of amides is 5. The number of hydrogen-bond donors (Lipinski definition) is 5. The van der Waals surface area contributed by atoms with Crippen LogP contribution >= 0.6 is 0 Å². The molecule has 2 saturated heterocycles. The Balaban J connectivity index is 0.000000167. The van der Waals surface area contributed by atoms with Crippen molar-refractivity contribution in [2.75, 3.05) is 88.7 Å². The molecule has 5 amide bonds. The molecule has 17 nitrogen and oxygen atoms in total. The molecule has 19 heteroatoms. The summed E-state index contributed by atoms with van der Waals surface area (Å²) in [5, 5.41) is 21.8. The molecule has 0 saturated carbocycles. The molecule has 79 heavy (non-hydrogen) atoms. The minimum Gasteiger partial charge on any atom is -0.367 e. The van der Waals surface area contributed by atoms with E-state index in [0.29, 0.717) is 120 Å². The van der Waals surface area contributed by atoms with Gasteiger partial charge in [-0.3, -0.25) is 24.2 Å². The number of piperazine rings is 2. The highest BCUT2D eigenvalue weighted by atomic mass is 19.1. The summed E-state index contributed by atoms with van der Waals surface area (Å²) in [4.78, 5) is 59.7. The Bertz CT molecular complexity index is 3600. The number of carbonyl (C=O) groups excluding carboxylic acids is 4. The molecule has 6 aromatic carbocycles. The Labute approximate surface area is 454 Å². The summed E-state index contributed by atoms with van der Waals surface area (Å²) in [5.74, 6) is -0.512. The van der Waals surface area contributed by atoms with Crippen molar-refractivity contribution < 1.29 is 37.0 Å². The second-order valence-corrected chi connectivity index (χ2v) is 19.9. The Morgan fingerprint density at radius 2 is 0.949 bits per heavy atom. The largest absolute Gasteiger partial charge is 0.367 e. The number of rotatable bonds is 8. The van der Waals surface area contributed by atoms with Crippen molar-refractivity contribution in [1.29, 1.82) is 0 Å². The normalized spacial score (nSPS) is 17.0. The van der Waals surface area contributed by atoms with Crippen molar-refractivity contribution in [3.63, 3.8) is 0 Å². The number of benzene rings is 6. The lowest BCUT2D eigenvalue weighted by atomic mass is 9.93. The van der Waals surface area contributed by atoms with E-state index in [1.165, 1.54) is 12.1 Å². The molecule has 2 atom stereocenters. The smallest absolute Gasteiger partial charge is 0.323 e. The topological polar surface area (TPSA) is 193 Å². The van der Waals surface area contributed by atoms with Crippen LogP contribution in [0.2, 0.25) is 0 Å². The van der Waals surface area contributed by atoms with E-state index in [2.05, 4.69) is 58.8 Å². The molecule has 6 heterocycles. The van der Waals surface area contributed by atoms with E-state index in [1.807, 2.05) is 94.7 Å². The number of aryl methyl sites for hydroxylation is 4. The van der Waals surface area contributed by atoms with Gasteiger partial charge in [0.1, 0.15) is 34.3 Å². The van der Waals surface area contributed by atoms with Gasteiger partial charge in [-0.25, -0.2) is 13.6 Å². The fourth-order valence-corrected chi connectivity index (χ4v) is 11.1. The fraction of sp³-hybridized carbons (Fsp3) is 0.233. The van der Waals surface area contributed by atoms with Gasteiger partial charge in [0.05, 0.1) is 29.2 Å². The standard InChI is InChI=1S/C30H29FN6O3.C30H28FN5O3/c1-18-27(19(2)40-35-18)34-30(39)32-20-11-12-26(24(31)17-20)36-13-15-37(16-14-36)28-21-7-3-4-8-22(21)29(38)33-25-10-6-5-9-23(25)28;1-18-27(19(2)39-34-18)30(38)32-20-11-12-26(24(31)17-20)35-13-15-36(16-14-35)28-21-7-3-4-8-22(21)29(37)33-25-10-6-5-9-23(25)28/h3-12,17,28H,13-16H2,1-2H3,(H,33,38)(H2,32,34,39);3-12,17,28H,13-16H2,1-2H3,(H,32,38)(H,33,37). The van der Waals surface area contributed by atoms with Gasteiger partial charge in [-0.2, -0.15) is 0 Å². The van der Waals surface area contributed by atoms with Gasteiger partial charge in [-0.05, 0) is 111 Å². The minimum absolute atomic E-state index is 0.0924. The molecule has 8 aromatic rings. The van der Waals surface area contributed by atoms with Gasteiger partial charge in [-0.1, -0.05) is 83.1 Å². The van der Waals surface area contributed by atoms with Crippen LogP contribution in [-0.4, -0.2) is 96.2 Å². The number of aromatic nitrogens is 2. The number of nitrogens with one attached hydrogen (secondary N) is 5. The summed E-state index contributed by atoms with van der Waals surface area (Å²) in [6.45, 7) is 12.0. The summed E-state index contributed by atoms with van der Waals surface area (Å²) in [6, 6.07) is 40.0. The predicted octanol–water partition coefficient (Wildman–Crippen LogP) is 10.7. The van der Waals surface area contributed by atoms with Crippen molar-refractivity contribution in [2.45, 2.75) is 39.8 Å². The van der Waals surface area contributed by atoms with Crippen LogP contribution in [0.25, 0.3) is 0 Å². The molecule has 0 spiro atoms. The number of anilines is 7. The van der Waals surface area contributed by atoms with Gasteiger partial charge in [0, 0.05) is 86.2 Å². The van der Waals surface area contributed by atoms with Crippen LogP contribution in [0.5, 0.6) is 0 Å². The number of fused-ring (bicyclic) bond motifs is 4. The van der Waals surface area contributed by atoms with Crippen LogP contribution in [0, 0.1) is 39.3 Å². The third kappa shape index (κ3) is 10.5. The lowest BCUT2D eigenvalue weighted by Gasteiger charge is -2.41. The second-order valence-electron chi connectivity index (χ2n) is 19.9. The number of halogens is 2. The maximum atomic E-state index is 15.2. The molecule has 12 rings (SSSR count). The maximum absolute atomic E-state index is 15.2. The Morgan fingerprint density at radius 3 is 1.39 bits per heavy atom. The van der Waals surface area contributed by atoms with Gasteiger partial charge < -0.3 is 45.4 Å². The monoisotopic (exact) mass is 1070 g/mol. The summed E-state index contributed by atoms with van der Waals surface area (Å²) in [7, 11) is 0. The third-order valence-corrected chi connectivity index (χ3v) is 15.0. The zero-order chi connectivity index (χ0) is 54.9. The first-order valence-electron chi connectivity index (χ1n) is 26.1. The molecule has 402 valence electrons. The van der Waals surface area contributed by atoms with Gasteiger partial charge in [0.25, 0.3) is 17.7 Å². The van der Waals surface area contributed by atoms with Crippen molar-refractivity contribution >= 4 is 63.6 Å². The zero-order valence-electron chi connectivity index (χ0n) is 43.9. The van der Waals surface area contributed by atoms with Gasteiger partial charge in [0.15, 0.2) is 5.76 Å². The average molecular weight is 1070 g/mol. The van der Waals surface area contributed by atoms with Crippen molar-refractivity contribution in [3.8, 4) is 0 Å². The van der Waals surface area contributed by atoms with E-state index < -0.39 is 17.7 Å². The molecule has 0 radical (unpaired) electrons. The highest BCUT2D eigenvalue weighted by Gasteiger charge is 2.36. The number of hydrogen-bond acceptors (Lipinski definition) is 12. The highest BCUT2D eigenvalue weighted by molar-refractivity contribution is 6.08. The quantitative estimate of drug-likeness (QED) is 0.0968. The van der Waals surface area contributed by atoms with Crippen molar-refractivity contribution in [1.82, 2.24) is 20.1 Å². The SMILES string of the molecule is Cc1noc(C)c1C(=O)Nc1ccc(N2CCN(C3c4ccccc4NC(=O)c4ccccc43)CC2)c(F)c1.Cc1noc(C)c1NC(=O)Nc1ccc(N2CCN(C3c4ccccc4NC(=O)c4ccccc43)CC2)c(F)c1.